The summed E-state index contributed by atoms with van der Waals surface area (Å²) in [6.45, 7) is 1.52. The van der Waals surface area contributed by atoms with E-state index in [1.54, 1.807) is 37.3 Å². The monoisotopic (exact) mass is 397 g/mol. The van der Waals surface area contributed by atoms with Gasteiger partial charge in [0, 0.05) is 5.02 Å². The molecule has 0 aromatic heterocycles. The maximum absolute atomic E-state index is 12.0. The zero-order valence-electron chi connectivity index (χ0n) is 13.9. The Balaban J connectivity index is 1.54. The van der Waals surface area contributed by atoms with E-state index >= 15 is 0 Å². The number of amides is 1. The number of benzene rings is 2. The summed E-state index contributed by atoms with van der Waals surface area (Å²) in [4.78, 5) is 12.0. The minimum Gasteiger partial charge on any atom is -0.482 e. The van der Waals surface area contributed by atoms with Crippen LogP contribution in [0.25, 0.3) is 0 Å². The van der Waals surface area contributed by atoms with E-state index in [0.717, 1.165) is 0 Å². The fraction of sp³-hybridized carbons (Fsp3) is 0.278. The first-order valence-electron chi connectivity index (χ1n) is 7.82. The fourth-order valence-corrected chi connectivity index (χ4v) is 2.85. The molecule has 2 aromatic rings. The lowest BCUT2D eigenvalue weighted by Gasteiger charge is -2.24. The first-order chi connectivity index (χ1) is 12.3. The summed E-state index contributed by atoms with van der Waals surface area (Å²) in [7, 11) is 0. The summed E-state index contributed by atoms with van der Waals surface area (Å²) in [5, 5.41) is 14.1. The lowest BCUT2D eigenvalue weighted by molar-refractivity contribution is -0.124. The average Bonchev–Trinajstić information content (AvgIpc) is 3.07. The Morgan fingerprint density at radius 1 is 1.23 bits per heavy atom. The maximum Gasteiger partial charge on any atom is 0.258 e. The zero-order chi connectivity index (χ0) is 18.7. The molecule has 0 fully saturated rings. The molecular weight excluding hydrogens is 381 g/mol. The second-order valence-corrected chi connectivity index (χ2v) is 6.83. The Labute approximate surface area is 160 Å². The summed E-state index contributed by atoms with van der Waals surface area (Å²) in [6, 6.07) is 9.87. The molecule has 1 amide bonds. The van der Waals surface area contributed by atoms with Crippen LogP contribution in [0.15, 0.2) is 36.4 Å². The molecular formula is C18H17Cl2NO5. The van der Waals surface area contributed by atoms with Gasteiger partial charge in [0.1, 0.15) is 11.4 Å². The number of hydrogen-bond donors (Lipinski definition) is 2. The van der Waals surface area contributed by atoms with Crippen molar-refractivity contribution in [1.82, 2.24) is 5.32 Å². The number of aliphatic hydroxyl groups is 1. The predicted octanol–water partition coefficient (Wildman–Crippen LogP) is 3.12. The number of hydrogen-bond acceptors (Lipinski definition) is 5. The third-order valence-electron chi connectivity index (χ3n) is 3.88. The molecule has 1 unspecified atom stereocenters. The zero-order valence-corrected chi connectivity index (χ0v) is 15.4. The van der Waals surface area contributed by atoms with Crippen LogP contribution in [0.4, 0.5) is 0 Å². The van der Waals surface area contributed by atoms with Gasteiger partial charge in [-0.3, -0.25) is 4.79 Å². The van der Waals surface area contributed by atoms with Crippen molar-refractivity contribution in [2.75, 3.05) is 19.9 Å². The molecule has 1 aliphatic rings. The minimum atomic E-state index is -1.28. The summed E-state index contributed by atoms with van der Waals surface area (Å²) in [5.74, 6) is 1.16. The van der Waals surface area contributed by atoms with E-state index in [4.69, 9.17) is 37.4 Å². The van der Waals surface area contributed by atoms with Gasteiger partial charge in [0.15, 0.2) is 18.1 Å². The molecule has 3 rings (SSSR count). The summed E-state index contributed by atoms with van der Waals surface area (Å²) >= 11 is 11.8. The van der Waals surface area contributed by atoms with E-state index in [0.29, 0.717) is 32.9 Å². The molecule has 8 heteroatoms. The highest BCUT2D eigenvalue weighted by molar-refractivity contribution is 6.35. The van der Waals surface area contributed by atoms with E-state index in [1.165, 1.54) is 6.07 Å². The molecule has 0 radical (unpaired) electrons. The first kappa shape index (κ1) is 18.6. The number of halogens is 2. The third kappa shape index (κ3) is 4.33. The second kappa shape index (κ2) is 7.61. The smallest absolute Gasteiger partial charge is 0.258 e. The van der Waals surface area contributed by atoms with Crippen molar-refractivity contribution in [3.05, 3.63) is 52.0 Å². The molecule has 0 bridgehead atoms. The number of fused-ring (bicyclic) bond motifs is 1. The van der Waals surface area contributed by atoms with Gasteiger partial charge < -0.3 is 24.6 Å². The van der Waals surface area contributed by atoms with E-state index in [2.05, 4.69) is 5.32 Å². The Hall–Kier alpha value is -2.15. The topological polar surface area (TPSA) is 77.0 Å². The van der Waals surface area contributed by atoms with Crippen LogP contribution in [-0.4, -0.2) is 31.0 Å². The van der Waals surface area contributed by atoms with E-state index < -0.39 is 11.5 Å². The highest BCUT2D eigenvalue weighted by atomic mass is 35.5. The van der Waals surface area contributed by atoms with Crippen molar-refractivity contribution in [3.8, 4) is 17.2 Å². The summed E-state index contributed by atoms with van der Waals surface area (Å²) in [6.07, 6.45) is 0. The van der Waals surface area contributed by atoms with Crippen LogP contribution in [0, 0.1) is 0 Å². The van der Waals surface area contributed by atoms with Crippen molar-refractivity contribution in [2.24, 2.45) is 0 Å². The van der Waals surface area contributed by atoms with Crippen molar-refractivity contribution < 1.29 is 24.1 Å². The van der Waals surface area contributed by atoms with Crippen molar-refractivity contribution in [1.29, 1.82) is 0 Å². The minimum absolute atomic E-state index is 0.00316. The second-order valence-electron chi connectivity index (χ2n) is 5.98. The predicted molar refractivity (Wildman–Crippen MR) is 97.1 cm³/mol. The number of carbonyl (C=O) groups is 1. The molecule has 0 aliphatic carbocycles. The molecule has 0 saturated carbocycles. The van der Waals surface area contributed by atoms with Gasteiger partial charge in [0.25, 0.3) is 5.91 Å². The van der Waals surface area contributed by atoms with Crippen LogP contribution in [0.2, 0.25) is 10.0 Å². The Morgan fingerprint density at radius 2 is 2.00 bits per heavy atom. The highest BCUT2D eigenvalue weighted by Gasteiger charge is 2.26. The Morgan fingerprint density at radius 3 is 2.77 bits per heavy atom. The van der Waals surface area contributed by atoms with Crippen LogP contribution < -0.4 is 19.5 Å². The highest BCUT2D eigenvalue weighted by Crippen LogP contribution is 2.35. The van der Waals surface area contributed by atoms with E-state index in [-0.39, 0.29) is 19.9 Å². The van der Waals surface area contributed by atoms with Gasteiger partial charge in [0.05, 0.1) is 11.6 Å². The van der Waals surface area contributed by atoms with Crippen LogP contribution in [0.1, 0.15) is 12.5 Å². The number of carbonyl (C=O) groups excluding carboxylic acids is 1. The summed E-state index contributed by atoms with van der Waals surface area (Å²) in [5.41, 5.74) is -0.683. The standard InChI is InChI=1S/C18H17Cl2NO5/c1-18(23,11-2-4-15-16(6-11)26-10-25-15)9-21-17(22)8-24-14-5-3-12(19)7-13(14)20/h2-7,23H,8-10H2,1H3,(H,21,22). The van der Waals surface area contributed by atoms with Crippen molar-refractivity contribution >= 4 is 29.1 Å². The van der Waals surface area contributed by atoms with Crippen LogP contribution in [0.3, 0.4) is 0 Å². The van der Waals surface area contributed by atoms with Crippen LogP contribution in [0.5, 0.6) is 17.2 Å². The summed E-state index contributed by atoms with van der Waals surface area (Å²) < 4.78 is 15.9. The van der Waals surface area contributed by atoms with Crippen molar-refractivity contribution in [3.63, 3.8) is 0 Å². The SMILES string of the molecule is CC(O)(CNC(=O)COc1ccc(Cl)cc1Cl)c1ccc2c(c1)OCO2. The molecule has 0 spiro atoms. The normalized spacial score (nSPS) is 14.6. The van der Waals surface area contributed by atoms with E-state index in [9.17, 15) is 9.90 Å². The van der Waals surface area contributed by atoms with Gasteiger partial charge in [0.2, 0.25) is 6.79 Å². The van der Waals surface area contributed by atoms with Crippen molar-refractivity contribution in [2.45, 2.75) is 12.5 Å². The van der Waals surface area contributed by atoms with Gasteiger partial charge in [-0.2, -0.15) is 0 Å². The van der Waals surface area contributed by atoms with Gasteiger partial charge in [-0.15, -0.1) is 0 Å². The van der Waals surface area contributed by atoms with Crippen LogP contribution in [-0.2, 0) is 10.4 Å². The average molecular weight is 398 g/mol. The molecule has 6 nitrogen and oxygen atoms in total. The van der Waals surface area contributed by atoms with Gasteiger partial charge in [-0.05, 0) is 42.8 Å². The fourth-order valence-electron chi connectivity index (χ4n) is 2.39. The molecule has 2 aromatic carbocycles. The quantitative estimate of drug-likeness (QED) is 0.782. The number of rotatable bonds is 6. The lowest BCUT2D eigenvalue weighted by atomic mass is 9.95. The third-order valence-corrected chi connectivity index (χ3v) is 4.41. The number of ether oxygens (including phenoxy) is 3. The molecule has 0 saturated heterocycles. The van der Waals surface area contributed by atoms with Gasteiger partial charge in [-0.1, -0.05) is 29.3 Å². The molecule has 2 N–H and O–H groups in total. The number of nitrogens with one attached hydrogen (secondary N) is 1. The molecule has 1 atom stereocenters. The van der Waals surface area contributed by atoms with Crippen LogP contribution >= 0.6 is 23.2 Å². The molecule has 1 aliphatic heterocycles. The first-order valence-corrected chi connectivity index (χ1v) is 8.58. The molecule has 26 heavy (non-hydrogen) atoms. The largest absolute Gasteiger partial charge is 0.482 e. The Bertz CT molecular complexity index is 825. The van der Waals surface area contributed by atoms with E-state index in [1.807, 2.05) is 0 Å². The van der Waals surface area contributed by atoms with Gasteiger partial charge >= 0.3 is 0 Å². The molecule has 1 heterocycles. The maximum atomic E-state index is 12.0. The lowest BCUT2D eigenvalue weighted by Crippen LogP contribution is -2.40. The van der Waals surface area contributed by atoms with Gasteiger partial charge in [-0.25, -0.2) is 0 Å². The Kier molecular flexibility index (Phi) is 5.46. The molecule has 138 valence electrons.